The molecule has 4 heteroatoms. The Morgan fingerprint density at radius 3 is 3.00 bits per heavy atom. The van der Waals surface area contributed by atoms with E-state index in [1.54, 1.807) is 0 Å². The van der Waals surface area contributed by atoms with Gasteiger partial charge >= 0.3 is 0 Å². The Bertz CT molecular complexity index is 825. The van der Waals surface area contributed by atoms with Crippen molar-refractivity contribution in [1.29, 1.82) is 0 Å². The third-order valence-electron chi connectivity index (χ3n) is 4.24. The first-order chi connectivity index (χ1) is 10.7. The second kappa shape index (κ2) is 5.14. The molecule has 0 radical (unpaired) electrons. The molecule has 0 saturated heterocycles. The van der Waals surface area contributed by atoms with E-state index in [1.807, 2.05) is 54.0 Å². The average Bonchev–Trinajstić information content (AvgIpc) is 2.91. The van der Waals surface area contributed by atoms with Gasteiger partial charge in [-0.05, 0) is 43.0 Å². The second-order valence-electron chi connectivity index (χ2n) is 5.83. The summed E-state index contributed by atoms with van der Waals surface area (Å²) in [5.74, 6) is 0.705. The molecule has 0 spiro atoms. The Hall–Kier alpha value is -2.33. The van der Waals surface area contributed by atoms with Crippen molar-refractivity contribution in [3.05, 3.63) is 65.6 Å². The van der Waals surface area contributed by atoms with Gasteiger partial charge in [0.25, 0.3) is 0 Å². The Morgan fingerprint density at radius 1 is 1.23 bits per heavy atom. The molecule has 1 aromatic carbocycles. The van der Waals surface area contributed by atoms with Crippen LogP contribution in [0.1, 0.15) is 29.3 Å². The Balaban J connectivity index is 1.76. The number of aliphatic hydroxyl groups is 1. The van der Waals surface area contributed by atoms with Crippen LogP contribution in [-0.2, 0) is 6.42 Å². The molecule has 2 unspecified atom stereocenters. The quantitative estimate of drug-likeness (QED) is 0.790. The standard InChI is InChI=1S/C18H18N2O2/c1-12-11-20-10-4-7-16(18(20)19-12)22-17-14-6-3-2-5-13(14)8-9-15(17)21/h2-7,10-11,15,17,21H,8-9H2,1H3. The predicted molar refractivity (Wildman–Crippen MR) is 84.1 cm³/mol. The van der Waals surface area contributed by atoms with Crippen molar-refractivity contribution >= 4 is 5.65 Å². The summed E-state index contributed by atoms with van der Waals surface area (Å²) in [5, 5.41) is 10.4. The molecular formula is C18H18N2O2. The number of imidazole rings is 1. The van der Waals surface area contributed by atoms with Crippen LogP contribution in [0, 0.1) is 6.92 Å². The molecule has 4 rings (SSSR count). The van der Waals surface area contributed by atoms with E-state index in [0.717, 1.165) is 29.7 Å². The number of benzene rings is 1. The molecule has 1 aliphatic carbocycles. The number of ether oxygens (including phenoxy) is 1. The van der Waals surface area contributed by atoms with Crippen molar-refractivity contribution in [2.24, 2.45) is 0 Å². The number of rotatable bonds is 2. The van der Waals surface area contributed by atoms with Crippen LogP contribution in [0.4, 0.5) is 0 Å². The van der Waals surface area contributed by atoms with Crippen LogP contribution >= 0.6 is 0 Å². The minimum Gasteiger partial charge on any atom is -0.479 e. The zero-order valence-corrected chi connectivity index (χ0v) is 12.4. The molecule has 2 heterocycles. The topological polar surface area (TPSA) is 46.8 Å². The lowest BCUT2D eigenvalue weighted by atomic mass is 9.87. The number of aryl methyl sites for hydroxylation is 2. The van der Waals surface area contributed by atoms with Crippen molar-refractivity contribution < 1.29 is 9.84 Å². The van der Waals surface area contributed by atoms with Gasteiger partial charge in [-0.1, -0.05) is 24.3 Å². The van der Waals surface area contributed by atoms with Crippen LogP contribution in [0.3, 0.4) is 0 Å². The van der Waals surface area contributed by atoms with Gasteiger partial charge < -0.3 is 14.2 Å². The highest BCUT2D eigenvalue weighted by Crippen LogP contribution is 2.35. The van der Waals surface area contributed by atoms with E-state index in [1.165, 1.54) is 5.56 Å². The summed E-state index contributed by atoms with van der Waals surface area (Å²) in [5.41, 5.74) is 4.06. The Labute approximate surface area is 129 Å². The van der Waals surface area contributed by atoms with Gasteiger partial charge in [0.2, 0.25) is 0 Å². The zero-order valence-electron chi connectivity index (χ0n) is 12.4. The van der Waals surface area contributed by atoms with Crippen LogP contribution in [0.5, 0.6) is 5.75 Å². The number of aliphatic hydroxyl groups excluding tert-OH is 1. The minimum atomic E-state index is -0.494. The lowest BCUT2D eigenvalue weighted by Gasteiger charge is -2.30. The summed E-state index contributed by atoms with van der Waals surface area (Å²) in [4.78, 5) is 4.52. The van der Waals surface area contributed by atoms with Gasteiger partial charge in [0.1, 0.15) is 6.10 Å². The number of pyridine rings is 1. The van der Waals surface area contributed by atoms with E-state index < -0.39 is 6.10 Å². The fraction of sp³-hybridized carbons (Fsp3) is 0.278. The number of hydrogen-bond acceptors (Lipinski definition) is 3. The van der Waals surface area contributed by atoms with Gasteiger partial charge in [-0.15, -0.1) is 0 Å². The second-order valence-corrected chi connectivity index (χ2v) is 5.83. The van der Waals surface area contributed by atoms with E-state index >= 15 is 0 Å². The average molecular weight is 294 g/mol. The highest BCUT2D eigenvalue weighted by atomic mass is 16.5. The molecular weight excluding hydrogens is 276 g/mol. The summed E-state index contributed by atoms with van der Waals surface area (Å²) in [6.07, 6.45) is 4.70. The third-order valence-corrected chi connectivity index (χ3v) is 4.24. The molecule has 112 valence electrons. The van der Waals surface area contributed by atoms with Crippen molar-refractivity contribution in [1.82, 2.24) is 9.38 Å². The van der Waals surface area contributed by atoms with Crippen LogP contribution < -0.4 is 4.74 Å². The molecule has 4 nitrogen and oxygen atoms in total. The van der Waals surface area contributed by atoms with Crippen LogP contribution in [0.2, 0.25) is 0 Å². The molecule has 3 aromatic rings. The van der Waals surface area contributed by atoms with Gasteiger partial charge in [0, 0.05) is 12.4 Å². The summed E-state index contributed by atoms with van der Waals surface area (Å²) in [7, 11) is 0. The van der Waals surface area contributed by atoms with Crippen LogP contribution in [0.25, 0.3) is 5.65 Å². The van der Waals surface area contributed by atoms with Gasteiger partial charge in [-0.2, -0.15) is 0 Å². The molecule has 1 N–H and O–H groups in total. The van der Waals surface area contributed by atoms with Crippen LogP contribution in [-0.4, -0.2) is 20.6 Å². The van der Waals surface area contributed by atoms with E-state index in [4.69, 9.17) is 4.74 Å². The lowest BCUT2D eigenvalue weighted by Crippen LogP contribution is -2.29. The first kappa shape index (κ1) is 13.3. The van der Waals surface area contributed by atoms with Crippen molar-refractivity contribution in [3.63, 3.8) is 0 Å². The maximum atomic E-state index is 10.4. The van der Waals surface area contributed by atoms with E-state index in [0.29, 0.717) is 5.75 Å². The SMILES string of the molecule is Cc1cn2cccc(OC3c4ccccc4CCC3O)c2n1. The summed E-state index contributed by atoms with van der Waals surface area (Å²) in [6, 6.07) is 12.0. The Morgan fingerprint density at radius 2 is 2.09 bits per heavy atom. The fourth-order valence-corrected chi connectivity index (χ4v) is 3.18. The smallest absolute Gasteiger partial charge is 0.179 e. The van der Waals surface area contributed by atoms with Gasteiger partial charge in [0.15, 0.2) is 11.4 Å². The number of nitrogens with zero attached hydrogens (tertiary/aromatic N) is 2. The molecule has 0 bridgehead atoms. The number of hydrogen-bond donors (Lipinski definition) is 1. The van der Waals surface area contributed by atoms with Crippen molar-refractivity contribution in [2.45, 2.75) is 32.0 Å². The summed E-state index contributed by atoms with van der Waals surface area (Å²) < 4.78 is 8.14. The fourth-order valence-electron chi connectivity index (χ4n) is 3.18. The molecule has 1 aliphatic rings. The maximum absolute atomic E-state index is 10.4. The largest absolute Gasteiger partial charge is 0.479 e. The number of aromatic nitrogens is 2. The third kappa shape index (κ3) is 2.16. The van der Waals surface area contributed by atoms with E-state index in [2.05, 4.69) is 11.1 Å². The van der Waals surface area contributed by atoms with Crippen LogP contribution in [0.15, 0.2) is 48.8 Å². The van der Waals surface area contributed by atoms with Crippen molar-refractivity contribution in [2.75, 3.05) is 0 Å². The molecule has 22 heavy (non-hydrogen) atoms. The molecule has 0 fully saturated rings. The zero-order chi connectivity index (χ0) is 15.1. The van der Waals surface area contributed by atoms with Gasteiger partial charge in [0.05, 0.1) is 11.8 Å². The van der Waals surface area contributed by atoms with E-state index in [9.17, 15) is 5.11 Å². The predicted octanol–water partition coefficient (Wildman–Crippen LogP) is 3.07. The van der Waals surface area contributed by atoms with Gasteiger partial charge in [-0.3, -0.25) is 0 Å². The monoisotopic (exact) mass is 294 g/mol. The minimum absolute atomic E-state index is 0.340. The first-order valence-corrected chi connectivity index (χ1v) is 7.59. The molecule has 0 aliphatic heterocycles. The number of fused-ring (bicyclic) bond motifs is 2. The first-order valence-electron chi connectivity index (χ1n) is 7.59. The maximum Gasteiger partial charge on any atom is 0.179 e. The normalized spacial score (nSPS) is 20.8. The molecule has 0 amide bonds. The molecule has 2 aromatic heterocycles. The van der Waals surface area contributed by atoms with Gasteiger partial charge in [-0.25, -0.2) is 4.98 Å². The lowest BCUT2D eigenvalue weighted by molar-refractivity contribution is 0.0234. The highest BCUT2D eigenvalue weighted by molar-refractivity contribution is 5.54. The summed E-state index contributed by atoms with van der Waals surface area (Å²) in [6.45, 7) is 1.96. The molecule has 0 saturated carbocycles. The van der Waals surface area contributed by atoms with E-state index in [-0.39, 0.29) is 6.10 Å². The summed E-state index contributed by atoms with van der Waals surface area (Å²) >= 11 is 0. The highest BCUT2D eigenvalue weighted by Gasteiger charge is 2.30. The Kier molecular flexibility index (Phi) is 3.12. The molecule has 2 atom stereocenters. The van der Waals surface area contributed by atoms with Crippen molar-refractivity contribution in [3.8, 4) is 5.75 Å².